The number of rotatable bonds is 5. The molecule has 27 heavy (non-hydrogen) atoms. The molecular weight excluding hydrogens is 358 g/mol. The Balaban J connectivity index is 2.33. The fourth-order valence-corrected chi connectivity index (χ4v) is 3.41. The van der Waals surface area contributed by atoms with Gasteiger partial charge in [0.1, 0.15) is 5.76 Å². The van der Waals surface area contributed by atoms with Crippen molar-refractivity contribution in [3.05, 3.63) is 70.2 Å². The topological polar surface area (TPSA) is 95.7 Å². The van der Waals surface area contributed by atoms with Crippen LogP contribution < -0.4 is 5.73 Å². The number of aliphatic hydroxyl groups is 1. The predicted molar refractivity (Wildman–Crippen MR) is 112 cm³/mol. The fraction of sp³-hybridized carbons (Fsp3) is 0.200. The summed E-state index contributed by atoms with van der Waals surface area (Å²) >= 11 is 5.51. The van der Waals surface area contributed by atoms with Crippen LogP contribution >= 0.6 is 12.2 Å². The molecule has 3 aromatic rings. The number of fused-ring (bicyclic) bond motifs is 1. The molecule has 0 bridgehead atoms. The van der Waals surface area contributed by atoms with Crippen LogP contribution in [0.3, 0.4) is 0 Å². The standard InChI is InChI=1S/C20H23N5OS/c1-5-7-14(17(26)10-11(2)21)19-23-24-20(27)25(19)16-9-6-8-15-18(16)12(3)13(4)22-15/h6-10,22,26H,2,5,21H2,1,3-4H3,(H,24,27)/b14-7+,17-10+. The van der Waals surface area contributed by atoms with Crippen LogP contribution in [0.25, 0.3) is 22.2 Å². The number of aliphatic hydroxyl groups excluding tert-OH is 1. The highest BCUT2D eigenvalue weighted by Crippen LogP contribution is 2.31. The summed E-state index contributed by atoms with van der Waals surface area (Å²) in [6, 6.07) is 5.98. The minimum absolute atomic E-state index is 0.00579. The number of H-pyrrole nitrogens is 2. The number of aryl methyl sites for hydroxylation is 2. The Bertz CT molecular complexity index is 1140. The van der Waals surface area contributed by atoms with Crippen LogP contribution in [-0.4, -0.2) is 24.9 Å². The molecule has 2 heterocycles. The second-order valence-electron chi connectivity index (χ2n) is 6.39. The number of hydrogen-bond donors (Lipinski definition) is 4. The second-order valence-corrected chi connectivity index (χ2v) is 6.78. The van der Waals surface area contributed by atoms with Gasteiger partial charge in [0.05, 0.1) is 11.3 Å². The monoisotopic (exact) mass is 381 g/mol. The Kier molecular flexibility index (Phi) is 5.05. The van der Waals surface area contributed by atoms with Gasteiger partial charge >= 0.3 is 0 Å². The molecule has 0 aliphatic rings. The number of benzene rings is 1. The van der Waals surface area contributed by atoms with Crippen LogP contribution in [-0.2, 0) is 0 Å². The minimum Gasteiger partial charge on any atom is -0.507 e. The first-order valence-electron chi connectivity index (χ1n) is 8.66. The van der Waals surface area contributed by atoms with E-state index in [-0.39, 0.29) is 11.5 Å². The quantitative estimate of drug-likeness (QED) is 0.292. The molecule has 0 fully saturated rings. The van der Waals surface area contributed by atoms with E-state index in [1.807, 2.05) is 42.7 Å². The maximum Gasteiger partial charge on any atom is 0.200 e. The zero-order valence-electron chi connectivity index (χ0n) is 15.6. The molecule has 140 valence electrons. The normalized spacial score (nSPS) is 12.7. The fourth-order valence-electron chi connectivity index (χ4n) is 3.18. The lowest BCUT2D eigenvalue weighted by molar-refractivity contribution is 0.436. The molecule has 2 aromatic heterocycles. The first-order chi connectivity index (χ1) is 12.8. The Labute approximate surface area is 162 Å². The molecule has 0 aliphatic carbocycles. The lowest BCUT2D eigenvalue weighted by Crippen LogP contribution is -2.04. The van der Waals surface area contributed by atoms with Crippen molar-refractivity contribution in [3.63, 3.8) is 0 Å². The Hall–Kier alpha value is -3.06. The highest BCUT2D eigenvalue weighted by Gasteiger charge is 2.19. The van der Waals surface area contributed by atoms with E-state index in [2.05, 4.69) is 28.7 Å². The van der Waals surface area contributed by atoms with Gasteiger partial charge in [0.15, 0.2) is 10.6 Å². The van der Waals surface area contributed by atoms with Crippen molar-refractivity contribution in [1.82, 2.24) is 19.7 Å². The van der Waals surface area contributed by atoms with E-state index in [0.717, 1.165) is 27.8 Å². The molecule has 5 N–H and O–H groups in total. The van der Waals surface area contributed by atoms with Gasteiger partial charge in [-0.1, -0.05) is 25.6 Å². The van der Waals surface area contributed by atoms with Crippen molar-refractivity contribution in [2.45, 2.75) is 27.2 Å². The second kappa shape index (κ2) is 7.28. The number of nitrogens with zero attached hydrogens (tertiary/aromatic N) is 2. The van der Waals surface area contributed by atoms with Crippen molar-refractivity contribution in [1.29, 1.82) is 0 Å². The van der Waals surface area contributed by atoms with E-state index in [1.165, 1.54) is 6.08 Å². The van der Waals surface area contributed by atoms with Crippen molar-refractivity contribution in [2.24, 2.45) is 5.73 Å². The van der Waals surface area contributed by atoms with Gasteiger partial charge in [-0.2, -0.15) is 5.10 Å². The summed E-state index contributed by atoms with van der Waals surface area (Å²) in [5.74, 6) is 0.511. The molecule has 7 heteroatoms. The molecule has 0 aliphatic heterocycles. The van der Waals surface area contributed by atoms with Crippen LogP contribution in [0.1, 0.15) is 30.4 Å². The van der Waals surface area contributed by atoms with E-state index in [0.29, 0.717) is 22.6 Å². The molecule has 0 amide bonds. The third-order valence-electron chi connectivity index (χ3n) is 4.46. The van der Waals surface area contributed by atoms with Crippen LogP contribution in [0.2, 0.25) is 0 Å². The third-order valence-corrected chi connectivity index (χ3v) is 4.74. The number of nitrogens with one attached hydrogen (secondary N) is 2. The highest BCUT2D eigenvalue weighted by molar-refractivity contribution is 7.71. The summed E-state index contributed by atoms with van der Waals surface area (Å²) in [6.45, 7) is 9.72. The average Bonchev–Trinajstić information content (AvgIpc) is 3.12. The van der Waals surface area contributed by atoms with Crippen LogP contribution in [0.5, 0.6) is 0 Å². The maximum absolute atomic E-state index is 10.6. The molecule has 6 nitrogen and oxygen atoms in total. The molecule has 0 saturated heterocycles. The minimum atomic E-state index is -0.00579. The maximum atomic E-state index is 10.6. The van der Waals surface area contributed by atoms with Crippen molar-refractivity contribution in [3.8, 4) is 5.69 Å². The Morgan fingerprint density at radius 2 is 2.15 bits per heavy atom. The summed E-state index contributed by atoms with van der Waals surface area (Å²) < 4.78 is 2.28. The number of nitrogens with two attached hydrogens (primary N) is 1. The molecule has 3 rings (SSSR count). The van der Waals surface area contributed by atoms with Gasteiger partial charge in [-0.05, 0) is 50.2 Å². The number of allylic oxidation sites excluding steroid dienone is 3. The average molecular weight is 382 g/mol. The zero-order valence-corrected chi connectivity index (χ0v) is 16.4. The molecule has 0 spiro atoms. The lowest BCUT2D eigenvalue weighted by Gasteiger charge is -2.12. The van der Waals surface area contributed by atoms with Crippen molar-refractivity contribution in [2.75, 3.05) is 0 Å². The largest absolute Gasteiger partial charge is 0.507 e. The van der Waals surface area contributed by atoms with Gasteiger partial charge in [0, 0.05) is 28.4 Å². The Morgan fingerprint density at radius 1 is 1.41 bits per heavy atom. The van der Waals surface area contributed by atoms with E-state index < -0.39 is 0 Å². The molecular formula is C20H23N5OS. The predicted octanol–water partition coefficient (Wildman–Crippen LogP) is 4.74. The van der Waals surface area contributed by atoms with Crippen LogP contribution in [0, 0.1) is 18.6 Å². The van der Waals surface area contributed by atoms with Gasteiger partial charge in [-0.25, -0.2) is 0 Å². The summed E-state index contributed by atoms with van der Waals surface area (Å²) in [5.41, 5.74) is 10.6. The molecule has 0 saturated carbocycles. The third kappa shape index (κ3) is 3.33. The number of aromatic amines is 2. The highest BCUT2D eigenvalue weighted by atomic mass is 32.1. The van der Waals surface area contributed by atoms with Crippen molar-refractivity contribution >= 4 is 28.7 Å². The van der Waals surface area contributed by atoms with E-state index in [1.54, 1.807) is 0 Å². The van der Waals surface area contributed by atoms with Crippen molar-refractivity contribution < 1.29 is 5.11 Å². The molecule has 0 unspecified atom stereocenters. The summed E-state index contributed by atoms with van der Waals surface area (Å²) in [5, 5.41) is 18.9. The van der Waals surface area contributed by atoms with Gasteiger partial charge in [-0.15, -0.1) is 0 Å². The molecule has 1 aromatic carbocycles. The van der Waals surface area contributed by atoms with Gasteiger partial charge < -0.3 is 15.8 Å². The lowest BCUT2D eigenvalue weighted by atomic mass is 10.1. The van der Waals surface area contributed by atoms with Gasteiger partial charge in [-0.3, -0.25) is 9.67 Å². The smallest absolute Gasteiger partial charge is 0.200 e. The summed E-state index contributed by atoms with van der Waals surface area (Å²) in [4.78, 5) is 3.39. The van der Waals surface area contributed by atoms with Crippen LogP contribution in [0.15, 0.2) is 48.4 Å². The van der Waals surface area contributed by atoms with Crippen LogP contribution in [0.4, 0.5) is 0 Å². The summed E-state index contributed by atoms with van der Waals surface area (Å²) in [7, 11) is 0. The van der Waals surface area contributed by atoms with Gasteiger partial charge in [0.2, 0.25) is 0 Å². The zero-order chi connectivity index (χ0) is 19.7. The van der Waals surface area contributed by atoms with E-state index in [9.17, 15) is 5.11 Å². The number of aromatic nitrogens is 4. The first kappa shape index (κ1) is 18.7. The molecule has 0 radical (unpaired) electrons. The Morgan fingerprint density at radius 3 is 2.81 bits per heavy atom. The summed E-state index contributed by atoms with van der Waals surface area (Å²) in [6.07, 6.45) is 4.00. The molecule has 0 atom stereocenters. The SMILES string of the molecule is C=C(N)/C=C(O)\C(=C/CC)c1n[nH]c(=S)n1-c1cccc2[nH]c(C)c(C)c12. The van der Waals surface area contributed by atoms with E-state index >= 15 is 0 Å². The van der Waals surface area contributed by atoms with E-state index in [4.69, 9.17) is 18.0 Å². The number of hydrogen-bond acceptors (Lipinski definition) is 4. The first-order valence-corrected chi connectivity index (χ1v) is 9.07. The van der Waals surface area contributed by atoms with Gasteiger partial charge in [0.25, 0.3) is 0 Å².